The second-order valence-corrected chi connectivity index (χ2v) is 6.97. The molecule has 90 valence electrons. The molecule has 0 aromatic carbocycles. The van der Waals surface area contributed by atoms with Gasteiger partial charge < -0.3 is 4.74 Å². The highest BCUT2D eigenvalue weighted by atomic mass is 35.5. The lowest BCUT2D eigenvalue weighted by molar-refractivity contribution is 0.0242. The molecule has 0 aromatic heterocycles. The van der Waals surface area contributed by atoms with Crippen LogP contribution in [0.15, 0.2) is 0 Å². The van der Waals surface area contributed by atoms with Crippen LogP contribution in [0.4, 0.5) is 0 Å². The predicted molar refractivity (Wildman–Crippen MR) is 62.2 cm³/mol. The lowest BCUT2D eigenvalue weighted by Crippen LogP contribution is -2.33. The van der Waals surface area contributed by atoms with E-state index in [0.717, 1.165) is 12.8 Å². The molecule has 0 atom stereocenters. The highest BCUT2D eigenvalue weighted by Gasteiger charge is 2.32. The number of sulfone groups is 1. The number of halogens is 1. The van der Waals surface area contributed by atoms with E-state index < -0.39 is 9.84 Å². The first-order chi connectivity index (χ1) is 7.04. The molecule has 0 N–H and O–H groups in total. The third kappa shape index (κ3) is 3.93. The van der Waals surface area contributed by atoms with Gasteiger partial charge in [-0.15, -0.1) is 11.6 Å². The summed E-state index contributed by atoms with van der Waals surface area (Å²) in [6.45, 7) is 3.10. The van der Waals surface area contributed by atoms with Gasteiger partial charge in [0.25, 0.3) is 0 Å². The third-order valence-electron chi connectivity index (χ3n) is 3.22. The summed E-state index contributed by atoms with van der Waals surface area (Å²) >= 11 is 5.96. The Balaban J connectivity index is 2.53. The molecule has 0 aliphatic carbocycles. The maximum Gasteiger partial charge on any atom is 0.150 e. The Bertz CT molecular complexity index is 281. The Kier molecular flexibility index (Phi) is 4.87. The van der Waals surface area contributed by atoms with Crippen LogP contribution in [-0.2, 0) is 14.6 Å². The summed E-state index contributed by atoms with van der Waals surface area (Å²) in [5, 5.41) is 0. The van der Waals surface area contributed by atoms with E-state index in [0.29, 0.717) is 25.5 Å². The zero-order valence-corrected chi connectivity index (χ0v) is 10.7. The summed E-state index contributed by atoms with van der Waals surface area (Å²) in [4.78, 5) is 0. The van der Waals surface area contributed by atoms with Crippen LogP contribution in [0.3, 0.4) is 0 Å². The van der Waals surface area contributed by atoms with Gasteiger partial charge in [0.15, 0.2) is 0 Å². The lowest BCUT2D eigenvalue weighted by atomic mass is 9.80. The van der Waals surface area contributed by atoms with Crippen LogP contribution < -0.4 is 0 Å². The quantitative estimate of drug-likeness (QED) is 0.704. The maximum absolute atomic E-state index is 11.4. The van der Waals surface area contributed by atoms with Crippen molar-refractivity contribution in [2.45, 2.75) is 26.2 Å². The van der Waals surface area contributed by atoms with E-state index in [4.69, 9.17) is 16.3 Å². The van der Waals surface area contributed by atoms with Crippen molar-refractivity contribution < 1.29 is 13.2 Å². The molecule has 15 heavy (non-hydrogen) atoms. The van der Waals surface area contributed by atoms with Crippen LogP contribution >= 0.6 is 11.6 Å². The van der Waals surface area contributed by atoms with E-state index in [9.17, 15) is 8.42 Å². The van der Waals surface area contributed by atoms with E-state index in [-0.39, 0.29) is 16.9 Å². The van der Waals surface area contributed by atoms with Gasteiger partial charge in [-0.2, -0.15) is 0 Å². The molecule has 1 fully saturated rings. The van der Waals surface area contributed by atoms with E-state index in [2.05, 4.69) is 0 Å². The van der Waals surface area contributed by atoms with Crippen molar-refractivity contribution in [2.75, 3.05) is 30.6 Å². The zero-order chi connectivity index (χ0) is 11.4. The minimum atomic E-state index is -2.87. The topological polar surface area (TPSA) is 43.4 Å². The Morgan fingerprint density at radius 1 is 1.33 bits per heavy atom. The summed E-state index contributed by atoms with van der Waals surface area (Å²) in [7, 11) is -2.87. The van der Waals surface area contributed by atoms with E-state index >= 15 is 0 Å². The highest BCUT2D eigenvalue weighted by Crippen LogP contribution is 2.35. The zero-order valence-electron chi connectivity index (χ0n) is 9.17. The van der Waals surface area contributed by atoms with Crippen molar-refractivity contribution >= 4 is 21.4 Å². The monoisotopic (exact) mass is 254 g/mol. The molecule has 5 heteroatoms. The Hall–Kier alpha value is 0.200. The summed E-state index contributed by atoms with van der Waals surface area (Å²) in [6.07, 6.45) is 2.45. The molecule has 0 spiro atoms. The Morgan fingerprint density at radius 3 is 2.40 bits per heavy atom. The third-order valence-corrected chi connectivity index (χ3v) is 5.49. The second kappa shape index (κ2) is 5.51. The summed E-state index contributed by atoms with van der Waals surface area (Å²) in [5.74, 6) is 1.02. The first kappa shape index (κ1) is 13.3. The molecule has 1 rings (SSSR count). The van der Waals surface area contributed by atoms with Crippen molar-refractivity contribution in [2.24, 2.45) is 5.41 Å². The van der Waals surface area contributed by atoms with Gasteiger partial charge >= 0.3 is 0 Å². The molecule has 0 radical (unpaired) electrons. The maximum atomic E-state index is 11.4. The minimum absolute atomic E-state index is 0.0119. The fourth-order valence-corrected chi connectivity index (χ4v) is 3.20. The Labute approximate surface area is 97.1 Å². The largest absolute Gasteiger partial charge is 0.381 e. The molecule has 0 bridgehead atoms. The molecule has 0 unspecified atom stereocenters. The molecule has 0 amide bonds. The first-order valence-corrected chi connectivity index (χ1v) is 7.73. The van der Waals surface area contributed by atoms with E-state index in [1.54, 1.807) is 6.92 Å². The number of rotatable bonds is 5. The molecule has 1 aliphatic heterocycles. The normalized spacial score (nSPS) is 21.5. The van der Waals surface area contributed by atoms with Crippen LogP contribution in [0.1, 0.15) is 26.2 Å². The number of hydrogen-bond acceptors (Lipinski definition) is 3. The fraction of sp³-hybridized carbons (Fsp3) is 1.00. The van der Waals surface area contributed by atoms with Gasteiger partial charge in [-0.3, -0.25) is 0 Å². The molecule has 1 saturated heterocycles. The standard InChI is InChI=1S/C10H19ClO3S/c1-2-15(12,13)8-5-10(9-11)3-6-14-7-4-10/h2-9H2,1H3. The minimum Gasteiger partial charge on any atom is -0.381 e. The number of alkyl halides is 1. The molecule has 1 aliphatic rings. The van der Waals surface area contributed by atoms with Crippen molar-refractivity contribution in [1.82, 2.24) is 0 Å². The molecule has 1 heterocycles. The van der Waals surface area contributed by atoms with Crippen molar-refractivity contribution in [3.63, 3.8) is 0 Å². The van der Waals surface area contributed by atoms with Crippen LogP contribution in [0, 0.1) is 5.41 Å². The van der Waals surface area contributed by atoms with Crippen LogP contribution in [0.25, 0.3) is 0 Å². The van der Waals surface area contributed by atoms with Crippen molar-refractivity contribution in [3.8, 4) is 0 Å². The average Bonchev–Trinajstić information content (AvgIpc) is 2.28. The van der Waals surface area contributed by atoms with E-state index in [1.165, 1.54) is 0 Å². The predicted octanol–water partition coefficient (Wildman–Crippen LogP) is 1.85. The van der Waals surface area contributed by atoms with Gasteiger partial charge in [-0.1, -0.05) is 6.92 Å². The summed E-state index contributed by atoms with van der Waals surface area (Å²) < 4.78 is 28.1. The van der Waals surface area contributed by atoms with Gasteiger partial charge in [0.1, 0.15) is 9.84 Å². The summed E-state index contributed by atoms with van der Waals surface area (Å²) in [5.41, 5.74) is -0.0119. The van der Waals surface area contributed by atoms with Gasteiger partial charge in [0, 0.05) is 24.8 Å². The summed E-state index contributed by atoms with van der Waals surface area (Å²) in [6, 6.07) is 0. The van der Waals surface area contributed by atoms with Crippen molar-refractivity contribution in [1.29, 1.82) is 0 Å². The lowest BCUT2D eigenvalue weighted by Gasteiger charge is -2.35. The number of ether oxygens (including phenoxy) is 1. The molecular weight excluding hydrogens is 236 g/mol. The molecular formula is C10H19ClO3S. The van der Waals surface area contributed by atoms with Gasteiger partial charge in [-0.05, 0) is 24.7 Å². The van der Waals surface area contributed by atoms with Crippen LogP contribution in [-0.4, -0.2) is 39.0 Å². The smallest absolute Gasteiger partial charge is 0.150 e. The van der Waals surface area contributed by atoms with Crippen LogP contribution in [0.2, 0.25) is 0 Å². The molecule has 0 aromatic rings. The van der Waals surface area contributed by atoms with E-state index in [1.807, 2.05) is 0 Å². The fourth-order valence-electron chi connectivity index (χ4n) is 1.77. The molecule has 3 nitrogen and oxygen atoms in total. The van der Waals surface area contributed by atoms with Gasteiger partial charge in [0.2, 0.25) is 0 Å². The van der Waals surface area contributed by atoms with Crippen molar-refractivity contribution in [3.05, 3.63) is 0 Å². The second-order valence-electron chi connectivity index (χ2n) is 4.23. The number of hydrogen-bond donors (Lipinski definition) is 0. The molecule has 0 saturated carbocycles. The first-order valence-electron chi connectivity index (χ1n) is 5.38. The van der Waals surface area contributed by atoms with Gasteiger partial charge in [0.05, 0.1) is 5.75 Å². The van der Waals surface area contributed by atoms with Crippen LogP contribution in [0.5, 0.6) is 0 Å². The highest BCUT2D eigenvalue weighted by molar-refractivity contribution is 7.91. The SMILES string of the molecule is CCS(=O)(=O)CCC1(CCl)CCOCC1. The van der Waals surface area contributed by atoms with Gasteiger partial charge in [-0.25, -0.2) is 8.42 Å². The average molecular weight is 255 g/mol. The Morgan fingerprint density at radius 2 is 1.93 bits per heavy atom.